The fourth-order valence-electron chi connectivity index (χ4n) is 4.15. The number of aromatic amines is 1. The minimum absolute atomic E-state index is 0.00749. The van der Waals surface area contributed by atoms with E-state index in [1.807, 2.05) is 30.3 Å². The van der Waals surface area contributed by atoms with Crippen molar-refractivity contribution in [2.24, 2.45) is 0 Å². The molecule has 1 aliphatic heterocycles. The highest BCUT2D eigenvalue weighted by Gasteiger charge is 2.31. The van der Waals surface area contributed by atoms with Crippen LogP contribution in [0.15, 0.2) is 81.3 Å². The number of piperazine rings is 1. The fourth-order valence-corrected chi connectivity index (χ4v) is 6.22. The van der Waals surface area contributed by atoms with Gasteiger partial charge in [0.2, 0.25) is 10.0 Å². The fraction of sp³-hybridized carbons (Fsp3) is 0.160. The summed E-state index contributed by atoms with van der Waals surface area (Å²) in [6, 6.07) is 16.2. The van der Waals surface area contributed by atoms with E-state index in [2.05, 4.69) is 15.0 Å². The molecular weight excluding hydrogens is 569 g/mol. The van der Waals surface area contributed by atoms with Gasteiger partial charge in [0.15, 0.2) is 5.75 Å². The van der Waals surface area contributed by atoms with E-state index in [9.17, 15) is 23.1 Å². The normalized spacial score (nSPS) is 14.4. The Morgan fingerprint density at radius 3 is 2.21 bits per heavy atom. The Morgan fingerprint density at radius 2 is 1.56 bits per heavy atom. The number of rotatable bonds is 6. The van der Waals surface area contributed by atoms with Crippen molar-refractivity contribution in [3.8, 4) is 22.9 Å². The zero-order valence-electron chi connectivity index (χ0n) is 20.1. The van der Waals surface area contributed by atoms with Crippen LogP contribution in [0.2, 0.25) is 10.0 Å². The number of anilines is 1. The van der Waals surface area contributed by atoms with Crippen LogP contribution in [0.1, 0.15) is 0 Å². The smallest absolute Gasteiger partial charge is 0.349 e. The summed E-state index contributed by atoms with van der Waals surface area (Å²) < 4.78 is 34.9. The number of benzene rings is 3. The van der Waals surface area contributed by atoms with Crippen LogP contribution in [-0.2, 0) is 10.0 Å². The number of nitrogens with zero attached hydrogens (tertiary/aromatic N) is 4. The molecule has 0 radical (unpaired) electrons. The lowest BCUT2D eigenvalue weighted by Gasteiger charge is -2.35. The maximum Gasteiger partial charge on any atom is 0.349 e. The molecule has 5 rings (SSSR count). The summed E-state index contributed by atoms with van der Waals surface area (Å²) in [5.74, 6) is -0.376. The Kier molecular flexibility index (Phi) is 7.36. The van der Waals surface area contributed by atoms with E-state index in [-0.39, 0.29) is 45.2 Å². The van der Waals surface area contributed by atoms with E-state index in [1.165, 1.54) is 34.6 Å². The lowest BCUT2D eigenvalue weighted by atomic mass is 10.2. The van der Waals surface area contributed by atoms with Gasteiger partial charge in [-0.15, -0.1) is 0 Å². The molecular formula is C25H21Cl2N5O6S. The van der Waals surface area contributed by atoms with Gasteiger partial charge in [0.25, 0.3) is 5.56 Å². The number of para-hydroxylation sites is 1. The van der Waals surface area contributed by atoms with Crippen LogP contribution >= 0.6 is 23.2 Å². The van der Waals surface area contributed by atoms with Gasteiger partial charge in [0.05, 0.1) is 15.7 Å². The highest BCUT2D eigenvalue weighted by Crippen LogP contribution is 2.40. The van der Waals surface area contributed by atoms with Crippen molar-refractivity contribution in [1.82, 2.24) is 19.1 Å². The van der Waals surface area contributed by atoms with Crippen LogP contribution in [0.4, 0.5) is 5.69 Å². The van der Waals surface area contributed by atoms with Gasteiger partial charge >= 0.3 is 5.69 Å². The summed E-state index contributed by atoms with van der Waals surface area (Å²) in [4.78, 5) is 27.2. The summed E-state index contributed by atoms with van der Waals surface area (Å²) in [7, 11) is -4.05. The zero-order valence-corrected chi connectivity index (χ0v) is 22.4. The maximum atomic E-state index is 13.4. The molecule has 0 spiro atoms. The topological polar surface area (TPSA) is 138 Å². The number of phenols is 1. The molecule has 0 atom stereocenters. The summed E-state index contributed by atoms with van der Waals surface area (Å²) in [6.45, 7) is 1.45. The van der Waals surface area contributed by atoms with Gasteiger partial charge in [-0.3, -0.25) is 9.78 Å². The minimum atomic E-state index is -4.05. The molecule has 0 bridgehead atoms. The predicted molar refractivity (Wildman–Crippen MR) is 146 cm³/mol. The second-order valence-electron chi connectivity index (χ2n) is 8.55. The molecule has 0 amide bonds. The third kappa shape index (κ3) is 5.50. The first-order chi connectivity index (χ1) is 18.6. The maximum absolute atomic E-state index is 13.4. The third-order valence-corrected chi connectivity index (χ3v) is 8.56. The summed E-state index contributed by atoms with van der Waals surface area (Å²) in [6.07, 6.45) is 0.924. The Balaban J connectivity index is 1.38. The number of halogens is 2. The molecule has 1 aromatic heterocycles. The van der Waals surface area contributed by atoms with Crippen molar-refractivity contribution in [3.63, 3.8) is 0 Å². The largest absolute Gasteiger partial charge is 0.507 e. The minimum Gasteiger partial charge on any atom is -0.507 e. The Labute approximate surface area is 232 Å². The van der Waals surface area contributed by atoms with Gasteiger partial charge in [0, 0.05) is 37.9 Å². The first-order valence-electron chi connectivity index (χ1n) is 11.6. The predicted octanol–water partition coefficient (Wildman–Crippen LogP) is 3.24. The van der Waals surface area contributed by atoms with E-state index in [1.54, 1.807) is 0 Å². The molecule has 14 heteroatoms. The Bertz CT molecular complexity index is 1730. The number of sulfonamides is 1. The molecule has 202 valence electrons. The van der Waals surface area contributed by atoms with Crippen molar-refractivity contribution in [2.75, 3.05) is 31.1 Å². The van der Waals surface area contributed by atoms with Crippen molar-refractivity contribution < 1.29 is 18.3 Å². The molecule has 3 aromatic carbocycles. The van der Waals surface area contributed by atoms with Crippen LogP contribution < -0.4 is 20.9 Å². The average Bonchev–Trinajstić information content (AvgIpc) is 2.92. The van der Waals surface area contributed by atoms with E-state index in [4.69, 9.17) is 27.9 Å². The number of hydrogen-bond acceptors (Lipinski definition) is 8. The van der Waals surface area contributed by atoms with Gasteiger partial charge in [-0.1, -0.05) is 41.4 Å². The summed E-state index contributed by atoms with van der Waals surface area (Å²) in [5, 5.41) is 14.2. The number of hydrogen-bond donors (Lipinski definition) is 2. The first kappa shape index (κ1) is 26.8. The molecule has 2 N–H and O–H groups in total. The monoisotopic (exact) mass is 589 g/mol. The van der Waals surface area contributed by atoms with Crippen molar-refractivity contribution >= 4 is 38.9 Å². The molecule has 0 unspecified atom stereocenters. The van der Waals surface area contributed by atoms with Gasteiger partial charge < -0.3 is 14.7 Å². The van der Waals surface area contributed by atoms with Crippen LogP contribution in [0.25, 0.3) is 5.69 Å². The first-order valence-corrected chi connectivity index (χ1v) is 13.8. The lowest BCUT2D eigenvalue weighted by molar-refractivity contribution is 0.380. The standard InChI is InChI=1S/C25H21Cl2N5O6S/c26-19-12-17(32-25(35)29-23(34)15-28-32)13-20(27)24(19)38-18-6-7-21(33)22(14-18)39(36,37)31-10-8-30(9-11-31)16-4-2-1-3-5-16/h1-7,12-15,33H,8-11H2,(H,29,34,35). The van der Waals surface area contributed by atoms with Gasteiger partial charge in [-0.2, -0.15) is 14.1 Å². The van der Waals surface area contributed by atoms with Crippen molar-refractivity contribution in [1.29, 1.82) is 0 Å². The zero-order chi connectivity index (χ0) is 27.7. The molecule has 0 saturated carbocycles. The van der Waals surface area contributed by atoms with Crippen molar-refractivity contribution in [3.05, 3.63) is 97.7 Å². The van der Waals surface area contributed by atoms with Crippen LogP contribution in [0, 0.1) is 0 Å². The third-order valence-electron chi connectivity index (χ3n) is 6.07. The lowest BCUT2D eigenvalue weighted by Crippen LogP contribution is -2.48. The number of nitrogens with one attached hydrogen (secondary N) is 1. The molecule has 1 aliphatic rings. The average molecular weight is 590 g/mol. The van der Waals surface area contributed by atoms with Crippen LogP contribution in [0.5, 0.6) is 17.2 Å². The number of ether oxygens (including phenoxy) is 1. The highest BCUT2D eigenvalue weighted by atomic mass is 35.5. The molecule has 11 nitrogen and oxygen atoms in total. The molecule has 39 heavy (non-hydrogen) atoms. The highest BCUT2D eigenvalue weighted by molar-refractivity contribution is 7.89. The van der Waals surface area contributed by atoms with Gasteiger partial charge in [-0.05, 0) is 36.4 Å². The number of H-pyrrole nitrogens is 1. The molecule has 0 aliphatic carbocycles. The molecule has 2 heterocycles. The van der Waals surface area contributed by atoms with E-state index in [0.717, 1.165) is 16.6 Å². The van der Waals surface area contributed by atoms with Crippen molar-refractivity contribution in [2.45, 2.75) is 4.90 Å². The Morgan fingerprint density at radius 1 is 0.897 bits per heavy atom. The second kappa shape index (κ2) is 10.7. The van der Waals surface area contributed by atoms with E-state index in [0.29, 0.717) is 13.1 Å². The van der Waals surface area contributed by atoms with E-state index >= 15 is 0 Å². The number of phenolic OH excluding ortho intramolecular Hbond substituents is 1. The van der Waals surface area contributed by atoms with E-state index < -0.39 is 27.0 Å². The molecule has 4 aromatic rings. The SMILES string of the molecule is O=c1cnn(-c2cc(Cl)c(Oc3ccc(O)c(S(=O)(=O)N4CCN(c5ccccc5)CC4)c3)c(Cl)c2)c(=O)[nH]1. The second-order valence-corrected chi connectivity index (χ2v) is 11.3. The van der Waals surface area contributed by atoms with Crippen LogP contribution in [0.3, 0.4) is 0 Å². The summed E-state index contributed by atoms with van der Waals surface area (Å²) in [5.41, 5.74) is -0.276. The number of aromatic hydroxyl groups is 1. The quantitative estimate of drug-likeness (QED) is 0.349. The molecule has 1 saturated heterocycles. The molecule has 1 fully saturated rings. The van der Waals surface area contributed by atoms with Crippen LogP contribution in [-0.4, -0.2) is 58.8 Å². The Hall–Kier alpha value is -3.84. The van der Waals surface area contributed by atoms with Gasteiger partial charge in [0.1, 0.15) is 22.6 Å². The summed E-state index contributed by atoms with van der Waals surface area (Å²) >= 11 is 12.7. The number of aromatic nitrogens is 3. The van der Waals surface area contributed by atoms with Gasteiger partial charge in [-0.25, -0.2) is 13.2 Å².